The number of anilines is 2. The maximum Gasteiger partial charge on any atom is 0.420 e. The van der Waals surface area contributed by atoms with Crippen molar-refractivity contribution in [3.63, 3.8) is 0 Å². The summed E-state index contributed by atoms with van der Waals surface area (Å²) < 4.78 is 131. The molecule has 0 spiro atoms. The van der Waals surface area contributed by atoms with Gasteiger partial charge in [0.25, 0.3) is 0 Å². The highest BCUT2D eigenvalue weighted by Gasteiger charge is 2.53. The molecule has 2 aromatic rings. The van der Waals surface area contributed by atoms with Crippen LogP contribution in [0.5, 0.6) is 5.75 Å². The zero-order valence-corrected chi connectivity index (χ0v) is 23.2. The highest BCUT2D eigenvalue weighted by Crippen LogP contribution is 2.50. The van der Waals surface area contributed by atoms with Crippen LogP contribution in [-0.2, 0) is 26.5 Å². The van der Waals surface area contributed by atoms with Gasteiger partial charge in [0.2, 0.25) is 5.92 Å². The second-order valence-electron chi connectivity index (χ2n) is 9.81. The minimum atomic E-state index is -4.95. The van der Waals surface area contributed by atoms with Gasteiger partial charge in [-0.3, -0.25) is 4.79 Å². The molecule has 1 heterocycles. The van der Waals surface area contributed by atoms with Gasteiger partial charge in [-0.2, -0.15) is 22.0 Å². The maximum atomic E-state index is 14.6. The van der Waals surface area contributed by atoms with Crippen LogP contribution in [0.3, 0.4) is 0 Å². The molecule has 0 amide bonds. The number of ether oxygens (including phenoxy) is 2. The van der Waals surface area contributed by atoms with Crippen molar-refractivity contribution in [3.8, 4) is 5.75 Å². The Bertz CT molecular complexity index is 1260. The van der Waals surface area contributed by atoms with Crippen molar-refractivity contribution in [1.82, 2.24) is 0 Å². The molecular weight excluding hydrogens is 586 g/mol. The number of halogens is 8. The van der Waals surface area contributed by atoms with Crippen molar-refractivity contribution in [1.29, 1.82) is 0 Å². The van der Waals surface area contributed by atoms with Crippen LogP contribution in [0.1, 0.15) is 52.0 Å². The third kappa shape index (κ3) is 7.89. The van der Waals surface area contributed by atoms with E-state index in [1.807, 2.05) is 0 Å². The van der Waals surface area contributed by atoms with Crippen molar-refractivity contribution >= 4 is 28.1 Å². The van der Waals surface area contributed by atoms with Crippen molar-refractivity contribution in [2.75, 3.05) is 24.7 Å². The number of benzene rings is 2. The molecule has 14 heteroatoms. The van der Waals surface area contributed by atoms with Gasteiger partial charge in [0.15, 0.2) is 0 Å². The van der Waals surface area contributed by atoms with Gasteiger partial charge in [-0.05, 0) is 63.1 Å². The fraction of sp³-hybridized carbons (Fsp3) is 0.519. The lowest BCUT2D eigenvalue weighted by molar-refractivity contribution is -0.151. The minimum absolute atomic E-state index is 0.0625. The van der Waals surface area contributed by atoms with Crippen LogP contribution in [0.25, 0.3) is 0 Å². The number of fused-ring (bicyclic) bond motifs is 1. The summed E-state index contributed by atoms with van der Waals surface area (Å²) in [6.07, 6.45) is -5.22. The van der Waals surface area contributed by atoms with E-state index in [2.05, 4.69) is 0 Å². The molecular formula is C27H29F8NO4S. The average Bonchev–Trinajstić information content (AvgIpc) is 3.69. The average molecular weight is 616 g/mol. The fourth-order valence-electron chi connectivity index (χ4n) is 3.81. The molecule has 0 bridgehead atoms. The van der Waals surface area contributed by atoms with E-state index in [1.165, 1.54) is 19.1 Å². The molecule has 0 N–H and O–H groups in total. The molecule has 1 unspecified atom stereocenters. The molecule has 1 aliphatic carbocycles. The molecule has 0 aromatic heterocycles. The van der Waals surface area contributed by atoms with Gasteiger partial charge >= 0.3 is 17.4 Å². The van der Waals surface area contributed by atoms with Gasteiger partial charge in [-0.1, -0.05) is 6.92 Å². The predicted molar refractivity (Wildman–Crippen MR) is 136 cm³/mol. The quantitative estimate of drug-likeness (QED) is 0.235. The van der Waals surface area contributed by atoms with E-state index in [9.17, 15) is 44.1 Å². The largest absolute Gasteiger partial charge is 0.492 e. The molecule has 0 saturated heterocycles. The van der Waals surface area contributed by atoms with Crippen molar-refractivity contribution < 1.29 is 53.6 Å². The molecule has 228 valence electrons. The highest BCUT2D eigenvalue weighted by atomic mass is 32.2. The van der Waals surface area contributed by atoms with Crippen molar-refractivity contribution in [2.45, 2.75) is 68.7 Å². The first-order valence-corrected chi connectivity index (χ1v) is 13.8. The molecule has 0 radical (unpaired) electrons. The zero-order valence-electron chi connectivity index (χ0n) is 22.4. The fourth-order valence-corrected chi connectivity index (χ4v) is 4.99. The minimum Gasteiger partial charge on any atom is -0.492 e. The molecule has 41 heavy (non-hydrogen) atoms. The van der Waals surface area contributed by atoms with Gasteiger partial charge < -0.3 is 14.4 Å². The Balaban J connectivity index is 0.000000696. The van der Waals surface area contributed by atoms with Crippen LogP contribution in [0.2, 0.25) is 0 Å². The summed E-state index contributed by atoms with van der Waals surface area (Å²) in [6.45, 7) is 3.14. The number of alkyl halides is 7. The highest BCUT2D eigenvalue weighted by molar-refractivity contribution is 7.86. The van der Waals surface area contributed by atoms with Gasteiger partial charge in [0.1, 0.15) is 34.4 Å². The third-order valence-electron chi connectivity index (χ3n) is 6.58. The molecule has 1 fully saturated rings. The lowest BCUT2D eigenvalue weighted by Gasteiger charge is -2.26. The number of carbonyl (C=O) groups is 1. The normalized spacial score (nSPS) is 19.3. The smallest absolute Gasteiger partial charge is 0.420 e. The zero-order chi connectivity index (χ0) is 30.8. The van der Waals surface area contributed by atoms with Crippen molar-refractivity contribution in [3.05, 3.63) is 47.8 Å². The topological polar surface area (TPSA) is 55.8 Å². The van der Waals surface area contributed by atoms with E-state index >= 15 is 0 Å². The van der Waals surface area contributed by atoms with E-state index in [0.29, 0.717) is 25.0 Å². The summed E-state index contributed by atoms with van der Waals surface area (Å²) in [5, 5.41) is -3.73. The summed E-state index contributed by atoms with van der Waals surface area (Å²) in [4.78, 5) is 12.8. The number of nitrogens with zero attached hydrogens (tertiary/aromatic N) is 1. The van der Waals surface area contributed by atoms with Gasteiger partial charge in [0, 0.05) is 25.1 Å². The van der Waals surface area contributed by atoms with E-state index in [-0.39, 0.29) is 24.4 Å². The van der Waals surface area contributed by atoms with Crippen LogP contribution in [0.4, 0.5) is 46.5 Å². The summed E-state index contributed by atoms with van der Waals surface area (Å²) in [5.74, 6) is -4.49. The number of hydrogen-bond acceptors (Lipinski definition) is 5. The summed E-state index contributed by atoms with van der Waals surface area (Å²) >= 11 is 0. The Labute approximate surface area is 234 Å². The first kappa shape index (κ1) is 32.6. The summed E-state index contributed by atoms with van der Waals surface area (Å²) in [5.41, 5.74) is -2.57. The Morgan fingerprint density at radius 3 is 2.10 bits per heavy atom. The predicted octanol–water partition coefficient (Wildman–Crippen LogP) is 7.86. The first-order chi connectivity index (χ1) is 18.9. The molecule has 4 rings (SSSR count). The number of rotatable bonds is 7. The maximum absolute atomic E-state index is 14.6. The summed E-state index contributed by atoms with van der Waals surface area (Å²) in [6, 6.07) is 5.87. The monoisotopic (exact) mass is 615 g/mol. The van der Waals surface area contributed by atoms with Crippen molar-refractivity contribution in [2.24, 2.45) is 5.41 Å². The molecule has 5 nitrogen and oxygen atoms in total. The standard InChI is InChI=1S/C23H21F6NO4S.C4H8F2/c1-2-33-20(31)21(7-8-21)13-34-18-12-19-17(11-16(18)23(27,28)29)30(10-9-22(25,26)35(19)32)15-5-3-14(24)4-6-15;1-3-4(2,5)6/h3-6,11-12H,2,7-10,13H2,1H3;3H2,1-2H3. The Kier molecular flexibility index (Phi) is 9.66. The Morgan fingerprint density at radius 2 is 1.61 bits per heavy atom. The molecule has 2 aromatic carbocycles. The molecule has 2 aliphatic rings. The van der Waals surface area contributed by atoms with E-state index in [4.69, 9.17) is 9.47 Å². The first-order valence-electron chi connectivity index (χ1n) is 12.7. The second-order valence-corrected chi connectivity index (χ2v) is 11.4. The second kappa shape index (κ2) is 12.1. The lowest BCUT2D eigenvalue weighted by Crippen LogP contribution is -2.26. The Morgan fingerprint density at radius 1 is 1.02 bits per heavy atom. The number of hydrogen-bond donors (Lipinski definition) is 0. The van der Waals surface area contributed by atoms with Gasteiger partial charge in [-0.25, -0.2) is 17.4 Å². The van der Waals surface area contributed by atoms with Crippen LogP contribution in [-0.4, -0.2) is 41.1 Å². The third-order valence-corrected chi connectivity index (χ3v) is 8.05. The van der Waals surface area contributed by atoms with E-state index < -0.39 is 81.1 Å². The SMILES string of the molecule is CCC(C)(F)F.CCOC(=O)C1(COc2cc3c(cc2C(F)(F)F)N(c2ccc(F)cc2)CCC(F)(F)S3=O)CC1. The molecule has 1 aliphatic heterocycles. The molecule has 1 saturated carbocycles. The van der Waals surface area contributed by atoms with Gasteiger partial charge in [-0.15, -0.1) is 0 Å². The Hall–Kier alpha value is -2.90. The molecule has 1 atom stereocenters. The van der Waals surface area contributed by atoms with Crippen LogP contribution >= 0.6 is 0 Å². The van der Waals surface area contributed by atoms with Gasteiger partial charge in [0.05, 0.1) is 22.8 Å². The number of carbonyl (C=O) groups excluding carboxylic acids is 1. The van der Waals surface area contributed by atoms with E-state index in [1.54, 1.807) is 6.92 Å². The van der Waals surface area contributed by atoms with Crippen LogP contribution < -0.4 is 9.64 Å². The van der Waals surface area contributed by atoms with Crippen LogP contribution in [0, 0.1) is 11.2 Å². The number of esters is 1. The lowest BCUT2D eigenvalue weighted by atomic mass is 10.1. The summed E-state index contributed by atoms with van der Waals surface area (Å²) in [7, 11) is -3.00. The van der Waals surface area contributed by atoms with E-state index in [0.717, 1.165) is 24.0 Å². The van der Waals surface area contributed by atoms with Crippen LogP contribution in [0.15, 0.2) is 41.3 Å².